The van der Waals surface area contributed by atoms with E-state index in [-0.39, 0.29) is 11.5 Å². The molecule has 1 fully saturated rings. The molecule has 6 nitrogen and oxygen atoms in total. The van der Waals surface area contributed by atoms with Gasteiger partial charge in [-0.1, -0.05) is 11.3 Å². The van der Waals surface area contributed by atoms with E-state index in [9.17, 15) is 10.2 Å². The monoisotopic (exact) mass is 274 g/mol. The Morgan fingerprint density at radius 1 is 1.16 bits per heavy atom. The molecule has 2 N–H and O–H groups in total. The van der Waals surface area contributed by atoms with E-state index in [1.165, 1.54) is 23.5 Å². The van der Waals surface area contributed by atoms with Crippen molar-refractivity contribution in [1.29, 1.82) is 0 Å². The molecule has 3 aromatic rings. The lowest BCUT2D eigenvalue weighted by Crippen LogP contribution is -1.93. The number of benzene rings is 1. The fraction of sp³-hybridized carbons (Fsp3) is 0.250. The summed E-state index contributed by atoms with van der Waals surface area (Å²) in [5.74, 6) is 1.12. The Hall–Kier alpha value is -2.15. The molecule has 0 saturated heterocycles. The number of phenolic OH excluding ortho intramolecular Hbond substituents is 2. The van der Waals surface area contributed by atoms with E-state index in [2.05, 4.69) is 15.3 Å². The van der Waals surface area contributed by atoms with Crippen LogP contribution in [-0.2, 0) is 0 Å². The summed E-state index contributed by atoms with van der Waals surface area (Å²) in [6, 6.07) is 4.67. The van der Waals surface area contributed by atoms with Crippen LogP contribution >= 0.6 is 11.3 Å². The molecule has 7 heteroatoms. The zero-order valence-electron chi connectivity index (χ0n) is 9.82. The van der Waals surface area contributed by atoms with Gasteiger partial charge in [-0.05, 0) is 31.0 Å². The predicted molar refractivity (Wildman–Crippen MR) is 69.4 cm³/mol. The molecule has 1 aliphatic carbocycles. The van der Waals surface area contributed by atoms with Crippen LogP contribution in [0.25, 0.3) is 15.5 Å². The molecule has 1 aromatic carbocycles. The van der Waals surface area contributed by atoms with Crippen molar-refractivity contribution in [2.75, 3.05) is 0 Å². The molecule has 2 aromatic heterocycles. The summed E-state index contributed by atoms with van der Waals surface area (Å²) in [7, 11) is 0. The third-order valence-corrected chi connectivity index (χ3v) is 4.13. The highest BCUT2D eigenvalue weighted by atomic mass is 32.1. The second kappa shape index (κ2) is 3.67. The number of hydrogen-bond acceptors (Lipinski definition) is 6. The maximum Gasteiger partial charge on any atom is 0.234 e. The first-order valence-corrected chi connectivity index (χ1v) is 6.78. The fourth-order valence-corrected chi connectivity index (χ4v) is 2.84. The van der Waals surface area contributed by atoms with Crippen molar-refractivity contribution in [3.8, 4) is 22.1 Å². The Labute approximate surface area is 112 Å². The molecule has 2 heterocycles. The van der Waals surface area contributed by atoms with E-state index in [1.54, 1.807) is 10.6 Å². The highest BCUT2D eigenvalue weighted by Crippen LogP contribution is 2.40. The topological polar surface area (TPSA) is 83.5 Å². The van der Waals surface area contributed by atoms with Gasteiger partial charge in [-0.25, -0.2) is 0 Å². The Kier molecular flexibility index (Phi) is 2.08. The molecule has 0 aliphatic heterocycles. The molecule has 19 heavy (non-hydrogen) atoms. The number of rotatable bonds is 2. The summed E-state index contributed by atoms with van der Waals surface area (Å²) in [6.45, 7) is 0. The first-order chi connectivity index (χ1) is 9.22. The molecular weight excluding hydrogens is 264 g/mol. The van der Waals surface area contributed by atoms with Crippen LogP contribution in [0.15, 0.2) is 18.2 Å². The Bertz CT molecular complexity index is 775. The van der Waals surface area contributed by atoms with Crippen LogP contribution in [-0.4, -0.2) is 30.0 Å². The Morgan fingerprint density at radius 2 is 2.00 bits per heavy atom. The SMILES string of the molecule is Oc1ccc(-c2nn3c(C4CC4)nnc3s2)cc1O. The van der Waals surface area contributed by atoms with Crippen molar-refractivity contribution in [2.24, 2.45) is 0 Å². The maximum absolute atomic E-state index is 9.53. The van der Waals surface area contributed by atoms with Crippen molar-refractivity contribution in [1.82, 2.24) is 19.8 Å². The van der Waals surface area contributed by atoms with Crippen LogP contribution in [0, 0.1) is 0 Å². The first-order valence-electron chi connectivity index (χ1n) is 5.97. The van der Waals surface area contributed by atoms with E-state index in [1.807, 2.05) is 0 Å². The van der Waals surface area contributed by atoms with E-state index < -0.39 is 0 Å². The van der Waals surface area contributed by atoms with Crippen LogP contribution in [0.3, 0.4) is 0 Å². The molecule has 0 spiro atoms. The highest BCUT2D eigenvalue weighted by molar-refractivity contribution is 7.19. The molecule has 0 amide bonds. The first kappa shape index (κ1) is 10.7. The van der Waals surface area contributed by atoms with Crippen LogP contribution < -0.4 is 0 Å². The van der Waals surface area contributed by atoms with Crippen molar-refractivity contribution in [3.63, 3.8) is 0 Å². The van der Waals surface area contributed by atoms with E-state index in [0.717, 1.165) is 34.2 Å². The lowest BCUT2D eigenvalue weighted by atomic mass is 10.2. The summed E-state index contributed by atoms with van der Waals surface area (Å²) < 4.78 is 1.78. The third-order valence-electron chi connectivity index (χ3n) is 3.18. The molecule has 0 bridgehead atoms. The lowest BCUT2D eigenvalue weighted by molar-refractivity contribution is 0.404. The van der Waals surface area contributed by atoms with Crippen molar-refractivity contribution >= 4 is 16.3 Å². The summed E-state index contributed by atoms with van der Waals surface area (Å²) in [5, 5.41) is 32.4. The average molecular weight is 274 g/mol. The number of aromatic hydroxyl groups is 2. The third kappa shape index (κ3) is 1.66. The van der Waals surface area contributed by atoms with Gasteiger partial charge in [-0.15, -0.1) is 10.2 Å². The quantitative estimate of drug-likeness (QED) is 0.699. The van der Waals surface area contributed by atoms with E-state index in [4.69, 9.17) is 0 Å². The van der Waals surface area contributed by atoms with Gasteiger partial charge in [0.15, 0.2) is 17.3 Å². The summed E-state index contributed by atoms with van der Waals surface area (Å²) in [4.78, 5) is 0.754. The number of hydrogen-bond donors (Lipinski definition) is 2. The standard InChI is InChI=1S/C12H10N4O2S/c17-8-4-3-7(5-9(8)18)11-15-16-10(6-1-2-6)13-14-12(16)19-11/h3-6,17-18H,1-2H2. The summed E-state index contributed by atoms with van der Waals surface area (Å²) >= 11 is 1.42. The van der Waals surface area contributed by atoms with Crippen molar-refractivity contribution in [3.05, 3.63) is 24.0 Å². The molecule has 4 rings (SSSR count). The van der Waals surface area contributed by atoms with Crippen molar-refractivity contribution in [2.45, 2.75) is 18.8 Å². The lowest BCUT2D eigenvalue weighted by Gasteiger charge is -1.99. The van der Waals surface area contributed by atoms with Gasteiger partial charge in [0.2, 0.25) is 4.96 Å². The molecule has 0 atom stereocenters. The van der Waals surface area contributed by atoms with Gasteiger partial charge < -0.3 is 10.2 Å². The Balaban J connectivity index is 1.84. The summed E-state index contributed by atoms with van der Waals surface area (Å²) in [5.41, 5.74) is 0.757. The normalized spacial score (nSPS) is 15.2. The molecule has 1 aliphatic rings. The summed E-state index contributed by atoms with van der Waals surface area (Å²) in [6.07, 6.45) is 2.29. The minimum absolute atomic E-state index is 0.134. The average Bonchev–Trinajstić information content (AvgIpc) is 3.01. The zero-order valence-corrected chi connectivity index (χ0v) is 10.6. The highest BCUT2D eigenvalue weighted by Gasteiger charge is 2.30. The minimum Gasteiger partial charge on any atom is -0.504 e. The number of aromatic nitrogens is 4. The van der Waals surface area contributed by atoms with Gasteiger partial charge >= 0.3 is 0 Å². The molecule has 96 valence electrons. The molecular formula is C12H10N4O2S. The van der Waals surface area contributed by atoms with Gasteiger partial charge in [0, 0.05) is 11.5 Å². The van der Waals surface area contributed by atoms with Crippen LogP contribution in [0.2, 0.25) is 0 Å². The number of phenols is 2. The molecule has 0 unspecified atom stereocenters. The van der Waals surface area contributed by atoms with Crippen LogP contribution in [0.5, 0.6) is 11.5 Å². The van der Waals surface area contributed by atoms with Crippen molar-refractivity contribution < 1.29 is 10.2 Å². The fourth-order valence-electron chi connectivity index (χ4n) is 2.00. The van der Waals surface area contributed by atoms with Gasteiger partial charge in [-0.3, -0.25) is 0 Å². The maximum atomic E-state index is 9.53. The second-order valence-electron chi connectivity index (χ2n) is 4.64. The predicted octanol–water partition coefficient (Wildman–Crippen LogP) is 2.14. The van der Waals surface area contributed by atoms with E-state index in [0.29, 0.717) is 5.92 Å². The number of nitrogens with zero attached hydrogens (tertiary/aromatic N) is 4. The number of fused-ring (bicyclic) bond motifs is 1. The van der Waals surface area contributed by atoms with Crippen LogP contribution in [0.4, 0.5) is 0 Å². The van der Waals surface area contributed by atoms with E-state index >= 15 is 0 Å². The zero-order chi connectivity index (χ0) is 13.0. The second-order valence-corrected chi connectivity index (χ2v) is 5.59. The largest absolute Gasteiger partial charge is 0.504 e. The Morgan fingerprint density at radius 3 is 2.74 bits per heavy atom. The smallest absolute Gasteiger partial charge is 0.234 e. The van der Waals surface area contributed by atoms with Gasteiger partial charge in [0.1, 0.15) is 5.01 Å². The van der Waals surface area contributed by atoms with Gasteiger partial charge in [0.05, 0.1) is 0 Å². The van der Waals surface area contributed by atoms with Gasteiger partial charge in [-0.2, -0.15) is 9.61 Å². The minimum atomic E-state index is -0.147. The van der Waals surface area contributed by atoms with Gasteiger partial charge in [0.25, 0.3) is 0 Å². The molecule has 1 saturated carbocycles. The molecule has 0 radical (unpaired) electrons. The van der Waals surface area contributed by atoms with Crippen LogP contribution in [0.1, 0.15) is 24.6 Å².